The fourth-order valence-corrected chi connectivity index (χ4v) is 2.02. The molecule has 0 amide bonds. The number of sulfone groups is 1. The third kappa shape index (κ3) is 4.16. The van der Waals surface area contributed by atoms with Crippen molar-refractivity contribution < 1.29 is 22.4 Å². The molecule has 1 aromatic heterocycles. The Kier molecular flexibility index (Phi) is 3.52. The first kappa shape index (κ1) is 11.8. The van der Waals surface area contributed by atoms with Crippen molar-refractivity contribution in [1.82, 2.24) is 0 Å². The molecule has 0 aliphatic rings. The van der Waals surface area contributed by atoms with Gasteiger partial charge in [0.2, 0.25) is 5.76 Å². The minimum Gasteiger partial charge on any atom is -0.457 e. The van der Waals surface area contributed by atoms with Gasteiger partial charge in [0.25, 0.3) is 0 Å². The van der Waals surface area contributed by atoms with E-state index in [1.807, 2.05) is 0 Å². The van der Waals surface area contributed by atoms with E-state index >= 15 is 0 Å². The summed E-state index contributed by atoms with van der Waals surface area (Å²) in [6.07, 6.45) is 1.75. The van der Waals surface area contributed by atoms with E-state index in [0.717, 1.165) is 6.26 Å². The summed E-state index contributed by atoms with van der Waals surface area (Å²) in [5.41, 5.74) is 0. The highest BCUT2D eigenvalue weighted by Crippen LogP contribution is 2.05. The van der Waals surface area contributed by atoms with E-state index in [0.29, 0.717) is 0 Å². The molecule has 0 radical (unpaired) electrons. The van der Waals surface area contributed by atoms with Gasteiger partial charge in [-0.1, -0.05) is 0 Å². The van der Waals surface area contributed by atoms with E-state index in [1.165, 1.54) is 19.3 Å². The number of furan rings is 1. The second-order valence-electron chi connectivity index (χ2n) is 3.29. The van der Waals surface area contributed by atoms with Gasteiger partial charge in [0.15, 0.2) is 9.84 Å². The van der Waals surface area contributed by atoms with E-state index in [9.17, 15) is 13.2 Å². The number of carbonyl (C=O) groups is 1. The zero-order valence-corrected chi connectivity index (χ0v) is 9.28. The maximum atomic E-state index is 11.3. The highest BCUT2D eigenvalue weighted by Gasteiger charge is 2.17. The molecule has 0 bridgehead atoms. The van der Waals surface area contributed by atoms with Gasteiger partial charge in [-0.05, 0) is 19.1 Å². The second kappa shape index (κ2) is 4.48. The number of esters is 1. The van der Waals surface area contributed by atoms with Gasteiger partial charge in [-0.2, -0.15) is 0 Å². The number of hydrogen-bond acceptors (Lipinski definition) is 5. The van der Waals surface area contributed by atoms with Crippen molar-refractivity contribution in [3.8, 4) is 0 Å². The average Bonchev–Trinajstić information content (AvgIpc) is 2.50. The van der Waals surface area contributed by atoms with Gasteiger partial charge in [0.1, 0.15) is 6.10 Å². The Balaban J connectivity index is 2.53. The van der Waals surface area contributed by atoms with Crippen LogP contribution in [0.2, 0.25) is 0 Å². The molecular weight excluding hydrogens is 220 g/mol. The molecule has 0 saturated heterocycles. The van der Waals surface area contributed by atoms with Crippen LogP contribution in [0.1, 0.15) is 17.5 Å². The minimum absolute atomic E-state index is 0.0651. The molecule has 0 aliphatic heterocycles. The van der Waals surface area contributed by atoms with Gasteiger partial charge < -0.3 is 9.15 Å². The average molecular weight is 232 g/mol. The summed E-state index contributed by atoms with van der Waals surface area (Å²) < 4.78 is 31.5. The molecule has 0 saturated carbocycles. The Morgan fingerprint density at radius 1 is 1.60 bits per heavy atom. The summed E-state index contributed by atoms with van der Waals surface area (Å²) >= 11 is 0. The van der Waals surface area contributed by atoms with Crippen LogP contribution < -0.4 is 0 Å². The molecule has 0 N–H and O–H groups in total. The Bertz CT molecular complexity index is 417. The number of carbonyl (C=O) groups excluding carboxylic acids is 1. The summed E-state index contributed by atoms with van der Waals surface area (Å²) in [4.78, 5) is 11.3. The second-order valence-corrected chi connectivity index (χ2v) is 5.47. The third-order valence-corrected chi connectivity index (χ3v) is 2.64. The zero-order chi connectivity index (χ0) is 11.5. The maximum absolute atomic E-state index is 11.3. The SMILES string of the molecule is CC(CS(C)(=O)=O)OC(=O)c1ccco1. The van der Waals surface area contributed by atoms with E-state index in [1.54, 1.807) is 6.07 Å². The molecule has 5 nitrogen and oxygen atoms in total. The van der Waals surface area contributed by atoms with Crippen molar-refractivity contribution in [1.29, 1.82) is 0 Å². The largest absolute Gasteiger partial charge is 0.457 e. The number of hydrogen-bond donors (Lipinski definition) is 0. The van der Waals surface area contributed by atoms with Crippen LogP contribution in [0.4, 0.5) is 0 Å². The fourth-order valence-electron chi connectivity index (χ4n) is 1.10. The summed E-state index contributed by atoms with van der Waals surface area (Å²) in [6, 6.07) is 3.01. The van der Waals surface area contributed by atoms with Gasteiger partial charge in [0.05, 0.1) is 12.0 Å². The van der Waals surface area contributed by atoms with Crippen LogP contribution in [0.15, 0.2) is 22.8 Å². The first-order valence-electron chi connectivity index (χ1n) is 4.30. The van der Waals surface area contributed by atoms with Gasteiger partial charge in [-0.3, -0.25) is 0 Å². The topological polar surface area (TPSA) is 73.6 Å². The van der Waals surface area contributed by atoms with Gasteiger partial charge >= 0.3 is 5.97 Å². The standard InChI is InChI=1S/C9H12O5S/c1-7(6-15(2,11)12)14-9(10)8-4-3-5-13-8/h3-5,7H,6H2,1-2H3. The van der Waals surface area contributed by atoms with Crippen molar-refractivity contribution in [2.45, 2.75) is 13.0 Å². The zero-order valence-electron chi connectivity index (χ0n) is 8.47. The summed E-state index contributed by atoms with van der Waals surface area (Å²) in [6.45, 7) is 1.52. The first-order chi connectivity index (χ1) is 6.88. The summed E-state index contributed by atoms with van der Waals surface area (Å²) in [7, 11) is -3.15. The minimum atomic E-state index is -3.15. The van der Waals surface area contributed by atoms with Crippen molar-refractivity contribution in [2.24, 2.45) is 0 Å². The molecule has 6 heteroatoms. The van der Waals surface area contributed by atoms with E-state index in [4.69, 9.17) is 9.15 Å². The van der Waals surface area contributed by atoms with Crippen molar-refractivity contribution in [2.75, 3.05) is 12.0 Å². The first-order valence-corrected chi connectivity index (χ1v) is 6.37. The Morgan fingerprint density at radius 3 is 2.73 bits per heavy atom. The van der Waals surface area contributed by atoms with Crippen LogP contribution in [0.25, 0.3) is 0 Å². The molecule has 0 aliphatic carbocycles. The lowest BCUT2D eigenvalue weighted by molar-refractivity contribution is 0.0347. The van der Waals surface area contributed by atoms with Gasteiger partial charge in [-0.15, -0.1) is 0 Å². The Labute approximate surface area is 88.0 Å². The van der Waals surface area contributed by atoms with Crippen LogP contribution in [-0.2, 0) is 14.6 Å². The van der Waals surface area contributed by atoms with Crippen LogP contribution in [-0.4, -0.2) is 32.5 Å². The normalized spacial score (nSPS) is 13.5. The van der Waals surface area contributed by atoms with Crippen LogP contribution in [0, 0.1) is 0 Å². The van der Waals surface area contributed by atoms with E-state index in [-0.39, 0.29) is 11.5 Å². The highest BCUT2D eigenvalue weighted by molar-refractivity contribution is 7.90. The molecule has 84 valence electrons. The molecule has 1 unspecified atom stereocenters. The van der Waals surface area contributed by atoms with Crippen molar-refractivity contribution in [3.05, 3.63) is 24.2 Å². The lowest BCUT2D eigenvalue weighted by atomic mass is 10.4. The van der Waals surface area contributed by atoms with Crippen molar-refractivity contribution in [3.63, 3.8) is 0 Å². The van der Waals surface area contributed by atoms with E-state index in [2.05, 4.69) is 0 Å². The fraction of sp³-hybridized carbons (Fsp3) is 0.444. The smallest absolute Gasteiger partial charge is 0.374 e. The van der Waals surface area contributed by atoms with Gasteiger partial charge in [0, 0.05) is 6.26 Å². The van der Waals surface area contributed by atoms with Gasteiger partial charge in [-0.25, -0.2) is 13.2 Å². The third-order valence-electron chi connectivity index (χ3n) is 1.57. The monoisotopic (exact) mass is 232 g/mol. The summed E-state index contributed by atoms with van der Waals surface area (Å²) in [5.74, 6) is -0.786. The van der Waals surface area contributed by atoms with Crippen LogP contribution in [0.5, 0.6) is 0 Å². The molecule has 0 aromatic carbocycles. The summed E-state index contributed by atoms with van der Waals surface area (Å²) in [5, 5.41) is 0. The molecule has 15 heavy (non-hydrogen) atoms. The predicted molar refractivity (Wildman–Crippen MR) is 53.3 cm³/mol. The molecule has 1 aromatic rings. The maximum Gasteiger partial charge on any atom is 0.374 e. The molecule has 1 heterocycles. The molecule has 0 spiro atoms. The lowest BCUT2D eigenvalue weighted by Gasteiger charge is -2.10. The quantitative estimate of drug-likeness (QED) is 0.720. The lowest BCUT2D eigenvalue weighted by Crippen LogP contribution is -2.23. The highest BCUT2D eigenvalue weighted by atomic mass is 32.2. The molecule has 0 fully saturated rings. The number of rotatable bonds is 4. The predicted octanol–water partition coefficient (Wildman–Crippen LogP) is 0.870. The molecular formula is C9H12O5S. The van der Waals surface area contributed by atoms with Crippen LogP contribution in [0.3, 0.4) is 0 Å². The Hall–Kier alpha value is -1.30. The molecule has 1 atom stereocenters. The number of ether oxygens (including phenoxy) is 1. The Morgan fingerprint density at radius 2 is 2.27 bits per heavy atom. The van der Waals surface area contributed by atoms with Crippen molar-refractivity contribution >= 4 is 15.8 Å². The van der Waals surface area contributed by atoms with E-state index < -0.39 is 21.9 Å². The molecule has 1 rings (SSSR count). The van der Waals surface area contributed by atoms with Crippen LogP contribution >= 0.6 is 0 Å².